The lowest BCUT2D eigenvalue weighted by Crippen LogP contribution is -2.34. The molecule has 4 N–H and O–H groups in total. The summed E-state index contributed by atoms with van der Waals surface area (Å²) in [5, 5.41) is 22.3. The number of H-pyrrole nitrogens is 1. The summed E-state index contributed by atoms with van der Waals surface area (Å²) in [5.41, 5.74) is 3.10. The van der Waals surface area contributed by atoms with Gasteiger partial charge in [-0.2, -0.15) is 0 Å². The van der Waals surface area contributed by atoms with Gasteiger partial charge in [0.05, 0.1) is 29.3 Å². The van der Waals surface area contributed by atoms with Gasteiger partial charge in [0.1, 0.15) is 5.75 Å². The number of fused-ring (bicyclic) bond motifs is 2. The normalized spacial score (nSPS) is 18.9. The van der Waals surface area contributed by atoms with E-state index in [0.717, 1.165) is 11.0 Å². The number of nitrogens with zero attached hydrogens (tertiary/aromatic N) is 1. The minimum Gasteiger partial charge on any atom is -0.508 e. The van der Waals surface area contributed by atoms with Crippen molar-refractivity contribution in [3.05, 3.63) is 59.4 Å². The Hall–Kier alpha value is -3.35. The summed E-state index contributed by atoms with van der Waals surface area (Å²) in [7, 11) is 0. The van der Waals surface area contributed by atoms with Crippen LogP contribution in [0.3, 0.4) is 0 Å². The number of phenols is 1. The number of aliphatic carboxylic acids is 1. The highest BCUT2D eigenvalue weighted by atomic mass is 16.4. The number of hydrogen-bond donors (Lipinski definition) is 4. The first-order valence-electron chi connectivity index (χ1n) is 7.82. The molecule has 3 aromatic rings. The molecule has 126 valence electrons. The molecule has 2 atom stereocenters. The molecule has 1 heterocycles. The number of rotatable bonds is 3. The van der Waals surface area contributed by atoms with Gasteiger partial charge in [0, 0.05) is 11.1 Å². The molecular weight excluding hydrogens is 322 g/mol. The van der Waals surface area contributed by atoms with Gasteiger partial charge in [0.2, 0.25) is 0 Å². The van der Waals surface area contributed by atoms with Crippen molar-refractivity contribution in [2.24, 2.45) is 5.92 Å². The Morgan fingerprint density at radius 1 is 1.24 bits per heavy atom. The molecule has 1 aromatic heterocycles. The van der Waals surface area contributed by atoms with Crippen molar-refractivity contribution in [3.63, 3.8) is 0 Å². The van der Waals surface area contributed by atoms with E-state index in [9.17, 15) is 19.8 Å². The second kappa shape index (κ2) is 5.62. The number of phenolic OH excluding ortho intramolecular Hbond substituents is 1. The number of aromatic hydroxyl groups is 1. The largest absolute Gasteiger partial charge is 0.508 e. The number of benzene rings is 2. The van der Waals surface area contributed by atoms with Crippen molar-refractivity contribution in [2.75, 3.05) is 0 Å². The van der Waals surface area contributed by atoms with Crippen molar-refractivity contribution in [1.29, 1.82) is 0 Å². The number of hydrogen-bond acceptors (Lipinski definition) is 4. The summed E-state index contributed by atoms with van der Waals surface area (Å²) >= 11 is 0. The van der Waals surface area contributed by atoms with Crippen molar-refractivity contribution < 1.29 is 19.8 Å². The zero-order chi connectivity index (χ0) is 17.6. The van der Waals surface area contributed by atoms with Crippen LogP contribution in [0.5, 0.6) is 5.75 Å². The number of carbonyl (C=O) groups excluding carboxylic acids is 1. The zero-order valence-corrected chi connectivity index (χ0v) is 13.1. The first-order chi connectivity index (χ1) is 12.0. The fourth-order valence-corrected chi connectivity index (χ4v) is 3.37. The Bertz CT molecular complexity index is 995. The van der Waals surface area contributed by atoms with Crippen LogP contribution >= 0.6 is 0 Å². The third-order valence-electron chi connectivity index (χ3n) is 4.64. The number of carboxylic acid groups (broad SMARTS) is 1. The summed E-state index contributed by atoms with van der Waals surface area (Å²) in [4.78, 5) is 31.3. The highest BCUT2D eigenvalue weighted by Crippen LogP contribution is 2.40. The number of aromatic amines is 1. The molecule has 1 amide bonds. The predicted octanol–water partition coefficient (Wildman–Crippen LogP) is 2.00. The predicted molar refractivity (Wildman–Crippen MR) is 89.2 cm³/mol. The molecule has 0 saturated carbocycles. The molecule has 0 spiro atoms. The van der Waals surface area contributed by atoms with Crippen LogP contribution in [0.15, 0.2) is 42.7 Å². The van der Waals surface area contributed by atoms with Crippen LogP contribution in [0.25, 0.3) is 11.0 Å². The highest BCUT2D eigenvalue weighted by molar-refractivity contribution is 5.98. The van der Waals surface area contributed by atoms with Gasteiger partial charge < -0.3 is 20.5 Å². The smallest absolute Gasteiger partial charge is 0.309 e. The Morgan fingerprint density at radius 2 is 2.08 bits per heavy atom. The van der Waals surface area contributed by atoms with Gasteiger partial charge in [0.15, 0.2) is 0 Å². The second-order valence-electron chi connectivity index (χ2n) is 6.08. The minimum absolute atomic E-state index is 0.0550. The quantitative estimate of drug-likeness (QED) is 0.583. The molecule has 7 nitrogen and oxygen atoms in total. The molecule has 25 heavy (non-hydrogen) atoms. The maximum Gasteiger partial charge on any atom is 0.309 e. The van der Waals surface area contributed by atoms with E-state index in [-0.39, 0.29) is 18.1 Å². The van der Waals surface area contributed by atoms with Gasteiger partial charge in [-0.05, 0) is 36.2 Å². The van der Waals surface area contributed by atoms with E-state index >= 15 is 0 Å². The molecule has 2 aromatic carbocycles. The molecule has 0 fully saturated rings. The van der Waals surface area contributed by atoms with E-state index < -0.39 is 17.9 Å². The van der Waals surface area contributed by atoms with E-state index in [1.807, 2.05) is 0 Å². The van der Waals surface area contributed by atoms with Crippen LogP contribution in [0, 0.1) is 5.92 Å². The third kappa shape index (κ3) is 2.50. The molecule has 2 unspecified atom stereocenters. The van der Waals surface area contributed by atoms with Crippen LogP contribution in [0.1, 0.15) is 27.5 Å². The SMILES string of the molecule is O=C(NC1c2cccc(O)c2CC1C(=O)O)c1ccc2nc[nH]c2c1. The molecule has 0 radical (unpaired) electrons. The van der Waals surface area contributed by atoms with Crippen LogP contribution in [0.2, 0.25) is 0 Å². The Morgan fingerprint density at radius 3 is 2.88 bits per heavy atom. The van der Waals surface area contributed by atoms with Gasteiger partial charge in [-0.15, -0.1) is 0 Å². The molecular formula is C18H15N3O4. The summed E-state index contributed by atoms with van der Waals surface area (Å²) in [6, 6.07) is 9.26. The monoisotopic (exact) mass is 337 g/mol. The van der Waals surface area contributed by atoms with E-state index in [1.54, 1.807) is 36.7 Å². The van der Waals surface area contributed by atoms with Crippen LogP contribution in [-0.2, 0) is 11.2 Å². The number of carboxylic acids is 1. The molecule has 4 rings (SSSR count). The lowest BCUT2D eigenvalue weighted by Gasteiger charge is -2.19. The van der Waals surface area contributed by atoms with Gasteiger partial charge in [-0.25, -0.2) is 4.98 Å². The molecule has 7 heteroatoms. The lowest BCUT2D eigenvalue weighted by molar-refractivity contribution is -0.142. The first-order valence-corrected chi connectivity index (χ1v) is 7.82. The molecule has 0 saturated heterocycles. The van der Waals surface area contributed by atoms with Crippen molar-refractivity contribution in [1.82, 2.24) is 15.3 Å². The summed E-state index contributed by atoms with van der Waals surface area (Å²) in [6.07, 6.45) is 1.73. The number of amides is 1. The third-order valence-corrected chi connectivity index (χ3v) is 4.64. The van der Waals surface area contributed by atoms with Crippen LogP contribution in [-0.4, -0.2) is 32.1 Å². The zero-order valence-electron chi connectivity index (χ0n) is 13.1. The van der Waals surface area contributed by atoms with Gasteiger partial charge in [0.25, 0.3) is 5.91 Å². The van der Waals surface area contributed by atoms with Gasteiger partial charge in [-0.3, -0.25) is 9.59 Å². The maximum atomic E-state index is 12.6. The Labute approximate surface area is 142 Å². The average molecular weight is 337 g/mol. The van der Waals surface area contributed by atoms with Crippen LogP contribution < -0.4 is 5.32 Å². The van der Waals surface area contributed by atoms with Crippen molar-refractivity contribution in [2.45, 2.75) is 12.5 Å². The number of aromatic nitrogens is 2. The lowest BCUT2D eigenvalue weighted by atomic mass is 10.00. The molecule has 0 bridgehead atoms. The summed E-state index contributed by atoms with van der Waals surface area (Å²) < 4.78 is 0. The number of carbonyl (C=O) groups is 2. The van der Waals surface area contributed by atoms with Crippen LogP contribution in [0.4, 0.5) is 0 Å². The minimum atomic E-state index is -1.01. The second-order valence-corrected chi connectivity index (χ2v) is 6.08. The van der Waals surface area contributed by atoms with E-state index in [0.29, 0.717) is 16.7 Å². The fourth-order valence-electron chi connectivity index (χ4n) is 3.37. The maximum absolute atomic E-state index is 12.6. The van der Waals surface area contributed by atoms with E-state index in [4.69, 9.17) is 0 Å². The molecule has 1 aliphatic carbocycles. The van der Waals surface area contributed by atoms with Crippen molar-refractivity contribution in [3.8, 4) is 5.75 Å². The topological polar surface area (TPSA) is 115 Å². The Balaban J connectivity index is 1.67. The standard InChI is InChI=1S/C18H15N3O4/c22-15-3-1-2-10-11(15)7-12(18(24)25)16(10)21-17(23)9-4-5-13-14(6-9)20-8-19-13/h1-6,8,12,16,22H,7H2,(H,19,20)(H,21,23)(H,24,25). The summed E-state index contributed by atoms with van der Waals surface area (Å²) in [5.74, 6) is -2.14. The first kappa shape index (κ1) is 15.2. The van der Waals surface area contributed by atoms with E-state index in [2.05, 4.69) is 15.3 Å². The number of nitrogens with one attached hydrogen (secondary N) is 2. The fraction of sp³-hybridized carbons (Fsp3) is 0.167. The van der Waals surface area contributed by atoms with Gasteiger partial charge in [-0.1, -0.05) is 12.1 Å². The van der Waals surface area contributed by atoms with Gasteiger partial charge >= 0.3 is 5.97 Å². The Kier molecular flexibility index (Phi) is 3.42. The number of imidazole rings is 1. The highest BCUT2D eigenvalue weighted by Gasteiger charge is 2.39. The average Bonchev–Trinajstić information content (AvgIpc) is 3.19. The summed E-state index contributed by atoms with van der Waals surface area (Å²) in [6.45, 7) is 0. The molecule has 1 aliphatic rings. The van der Waals surface area contributed by atoms with Crippen molar-refractivity contribution >= 4 is 22.9 Å². The van der Waals surface area contributed by atoms with E-state index in [1.165, 1.54) is 6.07 Å². The molecule has 0 aliphatic heterocycles.